The molecule has 4 heteroatoms. The first-order valence-electron chi connectivity index (χ1n) is 4.77. The zero-order chi connectivity index (χ0) is 12.1. The molecule has 0 aromatic carbocycles. The highest BCUT2D eigenvalue weighted by Crippen LogP contribution is 2.08. The molecule has 0 spiro atoms. The van der Waals surface area contributed by atoms with E-state index in [1.165, 1.54) is 0 Å². The van der Waals surface area contributed by atoms with Gasteiger partial charge >= 0.3 is 11.9 Å². The number of rotatable bonds is 4. The smallest absolute Gasteiger partial charge is 0.333 e. The van der Waals surface area contributed by atoms with Crippen LogP contribution in [0.25, 0.3) is 0 Å². The van der Waals surface area contributed by atoms with Crippen molar-refractivity contribution in [2.75, 3.05) is 6.61 Å². The van der Waals surface area contributed by atoms with E-state index in [0.717, 1.165) is 0 Å². The van der Waals surface area contributed by atoms with Gasteiger partial charge in [0.25, 0.3) is 0 Å². The SMILES string of the molecule is C=C(C)C(=O)OCCC(=O)OC(C)(C)C. The van der Waals surface area contributed by atoms with E-state index >= 15 is 0 Å². The molecule has 0 bridgehead atoms. The van der Waals surface area contributed by atoms with Crippen molar-refractivity contribution in [2.24, 2.45) is 0 Å². The zero-order valence-corrected chi connectivity index (χ0v) is 9.75. The Balaban J connectivity index is 3.74. The van der Waals surface area contributed by atoms with Crippen LogP contribution < -0.4 is 0 Å². The Morgan fingerprint density at radius 3 is 2.20 bits per heavy atom. The fraction of sp³-hybridized carbons (Fsp3) is 0.636. The highest BCUT2D eigenvalue weighted by Gasteiger charge is 2.16. The predicted octanol–water partition coefficient (Wildman–Crippen LogP) is 1.84. The van der Waals surface area contributed by atoms with Crippen LogP contribution in [0.2, 0.25) is 0 Å². The summed E-state index contributed by atoms with van der Waals surface area (Å²) in [5.74, 6) is -0.865. The lowest BCUT2D eigenvalue weighted by Gasteiger charge is -2.19. The first kappa shape index (κ1) is 13.7. The lowest BCUT2D eigenvalue weighted by atomic mass is 10.2. The molecule has 0 aromatic rings. The van der Waals surface area contributed by atoms with E-state index in [-0.39, 0.29) is 19.0 Å². The lowest BCUT2D eigenvalue weighted by molar-refractivity contribution is -0.156. The van der Waals surface area contributed by atoms with Gasteiger partial charge in [-0.3, -0.25) is 4.79 Å². The van der Waals surface area contributed by atoms with Crippen molar-refractivity contribution < 1.29 is 19.1 Å². The summed E-state index contributed by atoms with van der Waals surface area (Å²) >= 11 is 0. The maximum Gasteiger partial charge on any atom is 0.333 e. The third-order valence-electron chi connectivity index (χ3n) is 1.31. The molecule has 0 aliphatic rings. The van der Waals surface area contributed by atoms with E-state index < -0.39 is 11.6 Å². The van der Waals surface area contributed by atoms with Crippen LogP contribution in [0.5, 0.6) is 0 Å². The molecule has 0 saturated heterocycles. The maximum absolute atomic E-state index is 11.2. The van der Waals surface area contributed by atoms with Gasteiger partial charge in [0.2, 0.25) is 0 Å². The second-order valence-corrected chi connectivity index (χ2v) is 4.25. The van der Waals surface area contributed by atoms with Gasteiger partial charge in [-0.05, 0) is 27.7 Å². The Bertz CT molecular complexity index is 260. The van der Waals surface area contributed by atoms with Crippen molar-refractivity contribution in [2.45, 2.75) is 39.7 Å². The standard InChI is InChI=1S/C11H18O4/c1-8(2)10(13)14-7-6-9(12)15-11(3,4)5/h1,6-7H2,2-5H3. The fourth-order valence-corrected chi connectivity index (χ4v) is 0.743. The minimum Gasteiger partial charge on any atom is -0.462 e. The first-order valence-corrected chi connectivity index (χ1v) is 4.77. The van der Waals surface area contributed by atoms with Gasteiger partial charge in [0.15, 0.2) is 0 Å². The largest absolute Gasteiger partial charge is 0.462 e. The Kier molecular flexibility index (Phi) is 5.05. The summed E-state index contributed by atoms with van der Waals surface area (Å²) in [5.41, 5.74) is -0.186. The Labute approximate surface area is 90.2 Å². The maximum atomic E-state index is 11.2. The number of carbonyl (C=O) groups excluding carboxylic acids is 2. The normalized spacial score (nSPS) is 10.7. The number of ether oxygens (including phenoxy) is 2. The third-order valence-corrected chi connectivity index (χ3v) is 1.31. The van der Waals surface area contributed by atoms with Crippen LogP contribution in [0, 0.1) is 0 Å². The fourth-order valence-electron chi connectivity index (χ4n) is 0.743. The molecule has 0 radical (unpaired) electrons. The molecule has 86 valence electrons. The highest BCUT2D eigenvalue weighted by molar-refractivity contribution is 5.87. The Morgan fingerprint density at radius 2 is 1.80 bits per heavy atom. The van der Waals surface area contributed by atoms with E-state index in [1.54, 1.807) is 27.7 Å². The minimum atomic E-state index is -0.505. The van der Waals surface area contributed by atoms with Gasteiger partial charge < -0.3 is 9.47 Å². The molecule has 0 atom stereocenters. The summed E-state index contributed by atoms with van der Waals surface area (Å²) in [6.07, 6.45) is 0.0658. The van der Waals surface area contributed by atoms with Crippen LogP contribution in [0.1, 0.15) is 34.1 Å². The topological polar surface area (TPSA) is 52.6 Å². The molecule has 0 aliphatic carbocycles. The molecule has 0 unspecified atom stereocenters. The zero-order valence-electron chi connectivity index (χ0n) is 9.75. The number of hydrogen-bond acceptors (Lipinski definition) is 4. The van der Waals surface area contributed by atoms with Gasteiger partial charge in [-0.1, -0.05) is 6.58 Å². The monoisotopic (exact) mass is 214 g/mol. The molecule has 0 aliphatic heterocycles. The van der Waals surface area contributed by atoms with Gasteiger partial charge in [0.05, 0.1) is 6.42 Å². The number of hydrogen-bond donors (Lipinski definition) is 0. The average molecular weight is 214 g/mol. The molecule has 0 saturated carbocycles. The summed E-state index contributed by atoms with van der Waals surface area (Å²) in [7, 11) is 0. The van der Waals surface area contributed by atoms with Crippen LogP contribution in [-0.4, -0.2) is 24.1 Å². The van der Waals surface area contributed by atoms with Crippen molar-refractivity contribution in [1.29, 1.82) is 0 Å². The molecule has 15 heavy (non-hydrogen) atoms. The van der Waals surface area contributed by atoms with Gasteiger partial charge in [-0.25, -0.2) is 4.79 Å². The molecule has 4 nitrogen and oxygen atoms in total. The molecule has 0 fully saturated rings. The van der Waals surface area contributed by atoms with Gasteiger partial charge in [0.1, 0.15) is 12.2 Å². The third kappa shape index (κ3) is 7.73. The van der Waals surface area contributed by atoms with Crippen molar-refractivity contribution in [1.82, 2.24) is 0 Å². The van der Waals surface area contributed by atoms with E-state index in [1.807, 2.05) is 0 Å². The quantitative estimate of drug-likeness (QED) is 0.529. The van der Waals surface area contributed by atoms with E-state index in [0.29, 0.717) is 5.57 Å². The van der Waals surface area contributed by atoms with Crippen molar-refractivity contribution in [3.8, 4) is 0 Å². The highest BCUT2D eigenvalue weighted by atomic mass is 16.6. The van der Waals surface area contributed by atoms with Gasteiger partial charge in [-0.2, -0.15) is 0 Å². The van der Waals surface area contributed by atoms with Crippen molar-refractivity contribution >= 4 is 11.9 Å². The summed E-state index contributed by atoms with van der Waals surface area (Å²) in [5, 5.41) is 0. The van der Waals surface area contributed by atoms with Crippen molar-refractivity contribution in [3.05, 3.63) is 12.2 Å². The minimum absolute atomic E-state index is 0.0284. The lowest BCUT2D eigenvalue weighted by Crippen LogP contribution is -2.24. The predicted molar refractivity (Wildman–Crippen MR) is 56.2 cm³/mol. The molecular weight excluding hydrogens is 196 g/mol. The van der Waals surface area contributed by atoms with Gasteiger partial charge in [-0.15, -0.1) is 0 Å². The first-order chi connectivity index (χ1) is 6.72. The van der Waals surface area contributed by atoms with Gasteiger partial charge in [0, 0.05) is 5.57 Å². The van der Waals surface area contributed by atoms with Crippen LogP contribution in [-0.2, 0) is 19.1 Å². The van der Waals surface area contributed by atoms with Crippen LogP contribution in [0.4, 0.5) is 0 Å². The van der Waals surface area contributed by atoms with E-state index in [9.17, 15) is 9.59 Å². The summed E-state index contributed by atoms with van der Waals surface area (Å²) in [6.45, 7) is 10.3. The summed E-state index contributed by atoms with van der Waals surface area (Å²) in [4.78, 5) is 22.1. The molecule has 0 aromatic heterocycles. The molecule has 0 amide bonds. The van der Waals surface area contributed by atoms with E-state index in [2.05, 4.69) is 6.58 Å². The van der Waals surface area contributed by atoms with Crippen LogP contribution in [0.15, 0.2) is 12.2 Å². The van der Waals surface area contributed by atoms with Crippen LogP contribution in [0.3, 0.4) is 0 Å². The second-order valence-electron chi connectivity index (χ2n) is 4.25. The number of esters is 2. The van der Waals surface area contributed by atoms with Crippen LogP contribution >= 0.6 is 0 Å². The summed E-state index contributed by atoms with van der Waals surface area (Å²) < 4.78 is 9.78. The summed E-state index contributed by atoms with van der Waals surface area (Å²) in [6, 6.07) is 0. The Hall–Kier alpha value is -1.32. The van der Waals surface area contributed by atoms with E-state index in [4.69, 9.17) is 9.47 Å². The molecule has 0 heterocycles. The molecule has 0 N–H and O–H groups in total. The average Bonchev–Trinajstić information content (AvgIpc) is 2.00. The Morgan fingerprint density at radius 1 is 1.27 bits per heavy atom. The number of carbonyl (C=O) groups is 2. The molecule has 0 rings (SSSR count). The second kappa shape index (κ2) is 5.53. The molecular formula is C11H18O4. The van der Waals surface area contributed by atoms with Crippen molar-refractivity contribution in [3.63, 3.8) is 0 Å².